The molecule has 0 amide bonds. The Kier molecular flexibility index (Phi) is 2.35. The second-order valence-corrected chi connectivity index (χ2v) is 4.16. The maximum Gasteiger partial charge on any atom is -0.00744 e. The van der Waals surface area contributed by atoms with Crippen LogP contribution in [0.5, 0.6) is 0 Å². The van der Waals surface area contributed by atoms with Crippen molar-refractivity contribution in [2.24, 2.45) is 17.1 Å². The van der Waals surface area contributed by atoms with Gasteiger partial charge in [0.2, 0.25) is 0 Å². The molecule has 2 N–H and O–H groups in total. The largest absolute Gasteiger partial charge is 0.330 e. The molecule has 1 saturated carbocycles. The van der Waals surface area contributed by atoms with Crippen molar-refractivity contribution in [3.8, 4) is 0 Å². The Labute approximate surface area is 64.0 Å². The minimum atomic E-state index is 0.583. The van der Waals surface area contributed by atoms with Crippen LogP contribution in [0.4, 0.5) is 0 Å². The predicted octanol–water partition coefficient (Wildman–Crippen LogP) is 2.16. The van der Waals surface area contributed by atoms with Crippen molar-refractivity contribution >= 4 is 0 Å². The van der Waals surface area contributed by atoms with Crippen molar-refractivity contribution in [1.29, 1.82) is 0 Å². The highest BCUT2D eigenvalue weighted by molar-refractivity contribution is 4.84. The summed E-state index contributed by atoms with van der Waals surface area (Å²) in [5.41, 5.74) is 6.11. The fourth-order valence-electron chi connectivity index (χ4n) is 2.14. The summed E-state index contributed by atoms with van der Waals surface area (Å²) < 4.78 is 0. The summed E-state index contributed by atoms with van der Waals surface area (Å²) in [5.74, 6) is 0.900. The molecule has 1 heteroatoms. The molecule has 1 aliphatic rings. The Balaban J connectivity index is 2.43. The SMILES string of the molecule is CC1(C)CCC[C@H]1CCN. The van der Waals surface area contributed by atoms with Crippen LogP contribution in [0.2, 0.25) is 0 Å². The van der Waals surface area contributed by atoms with E-state index in [2.05, 4.69) is 13.8 Å². The summed E-state index contributed by atoms with van der Waals surface area (Å²) >= 11 is 0. The van der Waals surface area contributed by atoms with Gasteiger partial charge in [-0.15, -0.1) is 0 Å². The Bertz CT molecular complexity index is 107. The van der Waals surface area contributed by atoms with E-state index in [1.807, 2.05) is 0 Å². The summed E-state index contributed by atoms with van der Waals surface area (Å²) in [4.78, 5) is 0. The lowest BCUT2D eigenvalue weighted by molar-refractivity contribution is 0.249. The molecular weight excluding hydrogens is 122 g/mol. The molecule has 0 heterocycles. The van der Waals surface area contributed by atoms with E-state index in [0.29, 0.717) is 5.41 Å². The molecule has 1 fully saturated rings. The average molecular weight is 141 g/mol. The first-order valence-corrected chi connectivity index (χ1v) is 4.37. The highest BCUT2D eigenvalue weighted by Crippen LogP contribution is 2.43. The Hall–Kier alpha value is -0.0400. The van der Waals surface area contributed by atoms with Gasteiger partial charge in [-0.25, -0.2) is 0 Å². The zero-order valence-electron chi connectivity index (χ0n) is 7.19. The van der Waals surface area contributed by atoms with Crippen molar-refractivity contribution in [3.05, 3.63) is 0 Å². The van der Waals surface area contributed by atoms with Crippen molar-refractivity contribution < 1.29 is 0 Å². The van der Waals surface area contributed by atoms with Crippen LogP contribution in [0, 0.1) is 11.3 Å². The molecule has 0 aromatic carbocycles. The van der Waals surface area contributed by atoms with Crippen LogP contribution < -0.4 is 5.73 Å². The highest BCUT2D eigenvalue weighted by Gasteiger charge is 2.33. The van der Waals surface area contributed by atoms with Gasteiger partial charge in [0.15, 0.2) is 0 Å². The van der Waals surface area contributed by atoms with Crippen molar-refractivity contribution in [2.75, 3.05) is 6.54 Å². The van der Waals surface area contributed by atoms with E-state index in [0.717, 1.165) is 12.5 Å². The molecule has 0 spiro atoms. The van der Waals surface area contributed by atoms with E-state index in [-0.39, 0.29) is 0 Å². The van der Waals surface area contributed by atoms with Gasteiger partial charge in [0.05, 0.1) is 0 Å². The molecular formula is C9H19N. The van der Waals surface area contributed by atoms with Crippen LogP contribution in [0.25, 0.3) is 0 Å². The minimum absolute atomic E-state index is 0.583. The lowest BCUT2D eigenvalue weighted by atomic mass is 9.80. The molecule has 1 nitrogen and oxygen atoms in total. The average Bonchev–Trinajstić information content (AvgIpc) is 2.13. The van der Waals surface area contributed by atoms with Gasteiger partial charge in [0.25, 0.3) is 0 Å². The Morgan fingerprint density at radius 1 is 1.50 bits per heavy atom. The van der Waals surface area contributed by atoms with Crippen LogP contribution in [0.15, 0.2) is 0 Å². The summed E-state index contributed by atoms with van der Waals surface area (Å²) in [5, 5.41) is 0. The second kappa shape index (κ2) is 2.91. The van der Waals surface area contributed by atoms with Gasteiger partial charge >= 0.3 is 0 Å². The van der Waals surface area contributed by atoms with Crippen LogP contribution in [0.3, 0.4) is 0 Å². The molecule has 1 atom stereocenters. The smallest absolute Gasteiger partial charge is 0.00744 e. The normalized spacial score (nSPS) is 30.9. The molecule has 10 heavy (non-hydrogen) atoms. The van der Waals surface area contributed by atoms with Gasteiger partial charge < -0.3 is 5.73 Å². The first-order chi connectivity index (χ1) is 4.67. The van der Waals surface area contributed by atoms with Crippen LogP contribution in [-0.4, -0.2) is 6.54 Å². The first-order valence-electron chi connectivity index (χ1n) is 4.37. The highest BCUT2D eigenvalue weighted by atomic mass is 14.5. The number of nitrogens with two attached hydrogens (primary N) is 1. The van der Waals surface area contributed by atoms with Gasteiger partial charge in [-0.1, -0.05) is 20.3 Å². The van der Waals surface area contributed by atoms with Crippen molar-refractivity contribution in [2.45, 2.75) is 39.5 Å². The second-order valence-electron chi connectivity index (χ2n) is 4.16. The molecule has 0 aromatic rings. The molecule has 60 valence electrons. The lowest BCUT2D eigenvalue weighted by Gasteiger charge is -2.26. The van der Waals surface area contributed by atoms with E-state index in [9.17, 15) is 0 Å². The summed E-state index contributed by atoms with van der Waals surface area (Å²) in [6.07, 6.45) is 5.45. The van der Waals surface area contributed by atoms with Gasteiger partial charge in [0, 0.05) is 0 Å². The third-order valence-electron chi connectivity index (χ3n) is 2.99. The molecule has 0 aliphatic heterocycles. The molecule has 0 saturated heterocycles. The summed E-state index contributed by atoms with van der Waals surface area (Å²) in [6, 6.07) is 0. The van der Waals surface area contributed by atoms with Gasteiger partial charge in [-0.2, -0.15) is 0 Å². The predicted molar refractivity (Wildman–Crippen MR) is 44.8 cm³/mol. The fraction of sp³-hybridized carbons (Fsp3) is 1.00. The van der Waals surface area contributed by atoms with E-state index in [1.54, 1.807) is 0 Å². The van der Waals surface area contributed by atoms with E-state index >= 15 is 0 Å². The van der Waals surface area contributed by atoms with E-state index < -0.39 is 0 Å². The topological polar surface area (TPSA) is 26.0 Å². The standard InChI is InChI=1S/C9H19N/c1-9(2)6-3-4-8(9)5-7-10/h8H,3-7,10H2,1-2H3/t8-/m0/s1. The molecule has 1 aliphatic carbocycles. The maximum absolute atomic E-state index is 5.53. The fourth-order valence-corrected chi connectivity index (χ4v) is 2.14. The third kappa shape index (κ3) is 1.51. The molecule has 0 radical (unpaired) electrons. The van der Waals surface area contributed by atoms with Gasteiger partial charge in [-0.05, 0) is 37.1 Å². The zero-order valence-corrected chi connectivity index (χ0v) is 7.19. The van der Waals surface area contributed by atoms with E-state index in [1.165, 1.54) is 25.7 Å². The summed E-state index contributed by atoms with van der Waals surface area (Å²) in [6.45, 7) is 5.62. The zero-order chi connectivity index (χ0) is 7.61. The Morgan fingerprint density at radius 3 is 2.60 bits per heavy atom. The van der Waals surface area contributed by atoms with Gasteiger partial charge in [-0.3, -0.25) is 0 Å². The third-order valence-corrected chi connectivity index (χ3v) is 2.99. The van der Waals surface area contributed by atoms with Gasteiger partial charge in [0.1, 0.15) is 0 Å². The number of hydrogen-bond donors (Lipinski definition) is 1. The minimum Gasteiger partial charge on any atom is -0.330 e. The number of hydrogen-bond acceptors (Lipinski definition) is 1. The molecule has 0 aromatic heterocycles. The van der Waals surface area contributed by atoms with Crippen LogP contribution in [0.1, 0.15) is 39.5 Å². The monoisotopic (exact) mass is 141 g/mol. The van der Waals surface area contributed by atoms with E-state index in [4.69, 9.17) is 5.73 Å². The first kappa shape index (κ1) is 8.06. The van der Waals surface area contributed by atoms with Crippen LogP contribution in [-0.2, 0) is 0 Å². The molecule has 0 unspecified atom stereocenters. The lowest BCUT2D eigenvalue weighted by Crippen LogP contribution is -2.20. The molecule has 1 rings (SSSR count). The summed E-state index contributed by atoms with van der Waals surface area (Å²) in [7, 11) is 0. The van der Waals surface area contributed by atoms with Crippen molar-refractivity contribution in [1.82, 2.24) is 0 Å². The van der Waals surface area contributed by atoms with Crippen molar-refractivity contribution in [3.63, 3.8) is 0 Å². The number of rotatable bonds is 2. The Morgan fingerprint density at radius 2 is 2.20 bits per heavy atom. The molecule has 0 bridgehead atoms. The van der Waals surface area contributed by atoms with Crippen LogP contribution >= 0.6 is 0 Å². The maximum atomic E-state index is 5.53. The quantitative estimate of drug-likeness (QED) is 0.626.